The second-order valence-corrected chi connectivity index (χ2v) is 7.58. The van der Waals surface area contributed by atoms with Gasteiger partial charge in [-0.3, -0.25) is 4.31 Å². The normalized spacial score (nSPS) is 14.9. The summed E-state index contributed by atoms with van der Waals surface area (Å²) in [5, 5.41) is 0.676. The van der Waals surface area contributed by atoms with Gasteiger partial charge in [-0.15, -0.1) is 0 Å². The van der Waals surface area contributed by atoms with Gasteiger partial charge >= 0.3 is 0 Å². The van der Waals surface area contributed by atoms with E-state index in [0.29, 0.717) is 5.02 Å². The van der Waals surface area contributed by atoms with Crippen molar-refractivity contribution in [2.45, 2.75) is 30.6 Å². The number of benzene rings is 2. The zero-order chi connectivity index (χ0) is 16.4. The molecule has 0 aromatic heterocycles. The van der Waals surface area contributed by atoms with Crippen LogP contribution in [0.3, 0.4) is 0 Å². The van der Waals surface area contributed by atoms with Gasteiger partial charge in [-0.2, -0.15) is 0 Å². The highest BCUT2D eigenvalue weighted by atomic mass is 35.5. The molecule has 0 bridgehead atoms. The van der Waals surface area contributed by atoms with Crippen LogP contribution in [-0.2, 0) is 23.8 Å². The first-order chi connectivity index (χ1) is 11.1. The summed E-state index contributed by atoms with van der Waals surface area (Å²) in [4.78, 5) is 0.887. The molecule has 0 spiro atoms. The molecule has 1 unspecified atom stereocenters. The summed E-state index contributed by atoms with van der Waals surface area (Å²) >= 11 is 5.93. The Bertz CT molecular complexity index is 731. The van der Waals surface area contributed by atoms with Gasteiger partial charge in [0.15, 0.2) is 11.0 Å². The summed E-state index contributed by atoms with van der Waals surface area (Å²) in [6.45, 7) is 0. The third-order valence-corrected chi connectivity index (χ3v) is 6.01. The van der Waals surface area contributed by atoms with Crippen molar-refractivity contribution in [3.05, 3.63) is 52.5 Å². The molecule has 0 amide bonds. The highest BCUT2D eigenvalue weighted by molar-refractivity contribution is 7.86. The number of rotatable bonds is 4. The topological polar surface area (TPSA) is 29.5 Å². The van der Waals surface area contributed by atoms with Gasteiger partial charge in [-0.1, -0.05) is 11.6 Å². The van der Waals surface area contributed by atoms with Gasteiger partial charge in [0, 0.05) is 17.8 Å². The van der Waals surface area contributed by atoms with E-state index >= 15 is 0 Å². The number of fused-ring (bicyclic) bond motifs is 1. The summed E-state index contributed by atoms with van der Waals surface area (Å²) in [5.41, 5.74) is 3.29. The molecule has 122 valence electrons. The first kappa shape index (κ1) is 16.3. The fourth-order valence-corrected chi connectivity index (χ4v) is 4.41. The Morgan fingerprint density at radius 1 is 1.04 bits per heavy atom. The van der Waals surface area contributed by atoms with Crippen LogP contribution in [0.25, 0.3) is 0 Å². The van der Waals surface area contributed by atoms with Gasteiger partial charge in [0.25, 0.3) is 0 Å². The molecule has 0 fully saturated rings. The maximum atomic E-state index is 13.1. The lowest BCUT2D eigenvalue weighted by Crippen LogP contribution is -2.22. The third-order valence-electron chi connectivity index (χ3n) is 4.30. The maximum absolute atomic E-state index is 13.1. The molecule has 0 heterocycles. The average Bonchev–Trinajstić information content (AvgIpc) is 2.60. The van der Waals surface area contributed by atoms with Crippen molar-refractivity contribution >= 4 is 28.3 Å². The molecule has 0 N–H and O–H groups in total. The van der Waals surface area contributed by atoms with Crippen LogP contribution in [0.15, 0.2) is 41.3 Å². The van der Waals surface area contributed by atoms with Crippen molar-refractivity contribution in [1.82, 2.24) is 0 Å². The standard InChI is InChI=1S/C18H20ClNO2S/c1-20(14-9-7-13(19)8-10-14)23(21)18-12-11-17(22-2)15-5-3-4-6-16(15)18/h7-12H,3-6H2,1-2H3. The molecular weight excluding hydrogens is 330 g/mol. The minimum absolute atomic E-state index is 0.676. The Balaban J connectivity index is 1.97. The molecule has 5 heteroatoms. The third kappa shape index (κ3) is 3.24. The van der Waals surface area contributed by atoms with Crippen LogP contribution in [0.5, 0.6) is 5.75 Å². The van der Waals surface area contributed by atoms with E-state index in [1.807, 2.05) is 43.4 Å². The molecule has 3 rings (SSSR count). The quantitative estimate of drug-likeness (QED) is 0.819. The molecule has 2 aromatic carbocycles. The molecule has 0 saturated carbocycles. The molecule has 2 aromatic rings. The lowest BCUT2D eigenvalue weighted by molar-refractivity contribution is 0.405. The van der Waals surface area contributed by atoms with E-state index in [1.54, 1.807) is 11.4 Å². The van der Waals surface area contributed by atoms with Crippen LogP contribution in [0.4, 0.5) is 5.69 Å². The fraction of sp³-hybridized carbons (Fsp3) is 0.333. The Kier molecular flexibility index (Phi) is 4.93. The molecule has 23 heavy (non-hydrogen) atoms. The number of anilines is 1. The zero-order valence-corrected chi connectivity index (χ0v) is 14.9. The second kappa shape index (κ2) is 6.93. The molecule has 1 aliphatic carbocycles. The minimum Gasteiger partial charge on any atom is -0.496 e. The lowest BCUT2D eigenvalue weighted by atomic mass is 9.91. The molecule has 0 radical (unpaired) electrons. The summed E-state index contributed by atoms with van der Waals surface area (Å²) in [5.74, 6) is 0.912. The molecule has 1 aliphatic rings. The zero-order valence-electron chi connectivity index (χ0n) is 13.3. The Labute approximate surface area is 144 Å². The SMILES string of the molecule is COc1ccc(S(=O)N(C)c2ccc(Cl)cc2)c2c1CCCC2. The van der Waals surface area contributed by atoms with Gasteiger partial charge in [-0.05, 0) is 73.2 Å². The molecule has 0 aliphatic heterocycles. The summed E-state index contributed by atoms with van der Waals surface area (Å²) in [6.07, 6.45) is 4.25. The summed E-state index contributed by atoms with van der Waals surface area (Å²) in [6, 6.07) is 11.3. The largest absolute Gasteiger partial charge is 0.496 e. The van der Waals surface area contributed by atoms with Crippen LogP contribution in [0.2, 0.25) is 5.02 Å². The van der Waals surface area contributed by atoms with Gasteiger partial charge in [-0.25, -0.2) is 4.21 Å². The van der Waals surface area contributed by atoms with E-state index < -0.39 is 11.0 Å². The van der Waals surface area contributed by atoms with Crippen LogP contribution >= 0.6 is 11.6 Å². The highest BCUT2D eigenvalue weighted by Gasteiger charge is 2.22. The van der Waals surface area contributed by atoms with Gasteiger partial charge in [0.05, 0.1) is 12.0 Å². The van der Waals surface area contributed by atoms with Gasteiger partial charge in [0.1, 0.15) is 5.75 Å². The van der Waals surface area contributed by atoms with E-state index in [-0.39, 0.29) is 0 Å². The first-order valence-corrected chi connectivity index (χ1v) is 9.20. The number of nitrogens with zero attached hydrogens (tertiary/aromatic N) is 1. The predicted octanol–water partition coefficient (Wildman–Crippen LogP) is 4.39. The van der Waals surface area contributed by atoms with Crippen LogP contribution in [0, 0.1) is 0 Å². The average molecular weight is 350 g/mol. The smallest absolute Gasteiger partial charge is 0.152 e. The molecule has 3 nitrogen and oxygen atoms in total. The van der Waals surface area contributed by atoms with Crippen molar-refractivity contribution in [2.24, 2.45) is 0 Å². The Morgan fingerprint density at radius 3 is 2.35 bits per heavy atom. The van der Waals surface area contributed by atoms with Crippen LogP contribution in [-0.4, -0.2) is 18.4 Å². The fourth-order valence-electron chi connectivity index (χ4n) is 3.05. The number of methoxy groups -OCH3 is 1. The van der Waals surface area contributed by atoms with Crippen molar-refractivity contribution in [3.63, 3.8) is 0 Å². The Hall–Kier alpha value is -1.52. The Morgan fingerprint density at radius 2 is 1.70 bits per heavy atom. The number of hydrogen-bond acceptors (Lipinski definition) is 2. The van der Waals surface area contributed by atoms with E-state index in [4.69, 9.17) is 16.3 Å². The second-order valence-electron chi connectivity index (χ2n) is 5.65. The minimum atomic E-state index is -1.25. The van der Waals surface area contributed by atoms with Crippen molar-refractivity contribution in [2.75, 3.05) is 18.5 Å². The number of halogens is 1. The van der Waals surface area contributed by atoms with Gasteiger partial charge < -0.3 is 4.74 Å². The van der Waals surface area contributed by atoms with Crippen molar-refractivity contribution in [1.29, 1.82) is 0 Å². The molecule has 1 atom stereocenters. The predicted molar refractivity (Wildman–Crippen MR) is 95.9 cm³/mol. The van der Waals surface area contributed by atoms with E-state index in [2.05, 4.69) is 0 Å². The van der Waals surface area contributed by atoms with Crippen molar-refractivity contribution < 1.29 is 8.95 Å². The lowest BCUT2D eigenvalue weighted by Gasteiger charge is -2.25. The van der Waals surface area contributed by atoms with E-state index in [0.717, 1.165) is 42.0 Å². The molecule has 0 saturated heterocycles. The summed E-state index contributed by atoms with van der Waals surface area (Å²) in [7, 11) is 2.29. The van der Waals surface area contributed by atoms with E-state index in [1.165, 1.54) is 11.1 Å². The van der Waals surface area contributed by atoms with Gasteiger partial charge in [0.2, 0.25) is 0 Å². The van der Waals surface area contributed by atoms with Crippen molar-refractivity contribution in [3.8, 4) is 5.75 Å². The molecular formula is C18H20ClNO2S. The monoisotopic (exact) mass is 349 g/mol. The van der Waals surface area contributed by atoms with E-state index in [9.17, 15) is 4.21 Å². The van der Waals surface area contributed by atoms with Crippen LogP contribution < -0.4 is 9.04 Å². The van der Waals surface area contributed by atoms with Crippen LogP contribution in [0.1, 0.15) is 24.0 Å². The maximum Gasteiger partial charge on any atom is 0.152 e. The number of ether oxygens (including phenoxy) is 1. The highest BCUT2D eigenvalue weighted by Crippen LogP contribution is 2.34. The summed E-state index contributed by atoms with van der Waals surface area (Å²) < 4.78 is 20.3. The number of hydrogen-bond donors (Lipinski definition) is 0. The first-order valence-electron chi connectivity index (χ1n) is 7.71.